The third-order valence-electron chi connectivity index (χ3n) is 5.94. The van der Waals surface area contributed by atoms with Crippen LogP contribution in [0.5, 0.6) is 0 Å². The second kappa shape index (κ2) is 10.5. The zero-order valence-electron chi connectivity index (χ0n) is 20.4. The van der Waals surface area contributed by atoms with E-state index in [1.54, 1.807) is 33.7 Å². The highest BCUT2D eigenvalue weighted by Crippen LogP contribution is 2.39. The predicted molar refractivity (Wildman–Crippen MR) is 134 cm³/mol. The van der Waals surface area contributed by atoms with Crippen LogP contribution in [-0.4, -0.2) is 35.3 Å². The molecule has 2 aromatic carbocycles. The first kappa shape index (κ1) is 27.2. The number of carbonyl (C=O) groups excluding carboxylic acids is 1. The van der Waals surface area contributed by atoms with Gasteiger partial charge in [-0.1, -0.05) is 49.7 Å². The van der Waals surface area contributed by atoms with Crippen LogP contribution in [0.25, 0.3) is 0 Å². The maximum Gasteiger partial charge on any atom is 0.416 e. The molecule has 1 aliphatic rings. The minimum absolute atomic E-state index is 0.0271. The number of carbonyl (C=O) groups is 1. The van der Waals surface area contributed by atoms with Crippen LogP contribution in [0, 0.1) is 5.92 Å². The number of amides is 1. The number of rotatable bonds is 9. The molecule has 0 N–H and O–H groups in total. The summed E-state index contributed by atoms with van der Waals surface area (Å²) in [6.45, 7) is 4.50. The van der Waals surface area contributed by atoms with Crippen molar-refractivity contribution < 1.29 is 26.4 Å². The Kier molecular flexibility index (Phi) is 7.71. The van der Waals surface area contributed by atoms with Gasteiger partial charge in [0.2, 0.25) is 15.0 Å². The molecule has 6 nitrogen and oxygen atoms in total. The Bertz CT molecular complexity index is 1400. The zero-order valence-corrected chi connectivity index (χ0v) is 21.9. The zero-order chi connectivity index (χ0) is 27.0. The molecule has 0 saturated heterocycles. The highest BCUT2D eigenvalue weighted by atomic mass is 35.5. The lowest BCUT2D eigenvalue weighted by atomic mass is 10.1. The Morgan fingerprint density at radius 3 is 2.49 bits per heavy atom. The fraction of sp³-hybridized carbons (Fsp3) is 0.385. The molecule has 198 valence electrons. The van der Waals surface area contributed by atoms with Crippen LogP contribution < -0.4 is 0 Å². The molecular weight excluding hydrogens is 527 g/mol. The number of hydrogen-bond donors (Lipinski definition) is 0. The largest absolute Gasteiger partial charge is 0.416 e. The summed E-state index contributed by atoms with van der Waals surface area (Å²) in [6.07, 6.45) is -1.63. The lowest BCUT2D eigenvalue weighted by molar-refractivity contribution is -0.137. The molecule has 0 unspecified atom stereocenters. The molecule has 11 heteroatoms. The Morgan fingerprint density at radius 2 is 1.86 bits per heavy atom. The van der Waals surface area contributed by atoms with Gasteiger partial charge in [-0.05, 0) is 48.6 Å². The van der Waals surface area contributed by atoms with E-state index in [9.17, 15) is 26.4 Å². The van der Waals surface area contributed by atoms with E-state index in [2.05, 4.69) is 4.98 Å². The smallest absolute Gasteiger partial charge is 0.333 e. The van der Waals surface area contributed by atoms with Gasteiger partial charge < -0.3 is 9.47 Å². The lowest BCUT2D eigenvalue weighted by Crippen LogP contribution is -2.34. The molecule has 0 spiro atoms. The number of sulfone groups is 1. The van der Waals surface area contributed by atoms with Crippen molar-refractivity contribution in [3.8, 4) is 0 Å². The number of alkyl halides is 3. The maximum atomic E-state index is 13.3. The van der Waals surface area contributed by atoms with E-state index in [4.69, 9.17) is 11.6 Å². The summed E-state index contributed by atoms with van der Waals surface area (Å²) in [6, 6.07) is 10.8. The molecule has 1 amide bonds. The second-order valence-electron chi connectivity index (χ2n) is 9.68. The van der Waals surface area contributed by atoms with Gasteiger partial charge in [0.05, 0.1) is 29.8 Å². The van der Waals surface area contributed by atoms with E-state index < -0.39 is 27.3 Å². The molecular formula is C26H27ClF3N3O3S. The minimum Gasteiger partial charge on any atom is -0.333 e. The summed E-state index contributed by atoms with van der Waals surface area (Å²) in [5.74, 6) is -0.713. The van der Waals surface area contributed by atoms with Gasteiger partial charge >= 0.3 is 6.18 Å². The first-order valence-corrected chi connectivity index (χ1v) is 13.9. The van der Waals surface area contributed by atoms with Gasteiger partial charge in [0.1, 0.15) is 0 Å². The molecule has 1 heterocycles. The number of nitrogens with zero attached hydrogens (tertiary/aromatic N) is 3. The first-order chi connectivity index (χ1) is 17.3. The van der Waals surface area contributed by atoms with Gasteiger partial charge in [0.25, 0.3) is 5.91 Å². The van der Waals surface area contributed by atoms with Gasteiger partial charge in [0, 0.05) is 23.2 Å². The Balaban J connectivity index is 1.65. The van der Waals surface area contributed by atoms with Crippen molar-refractivity contribution in [1.29, 1.82) is 0 Å². The van der Waals surface area contributed by atoms with Crippen LogP contribution in [0.1, 0.15) is 59.9 Å². The summed E-state index contributed by atoms with van der Waals surface area (Å²) in [5.41, 5.74) is 0.0961. The van der Waals surface area contributed by atoms with Crippen molar-refractivity contribution in [2.24, 2.45) is 5.92 Å². The van der Waals surface area contributed by atoms with E-state index >= 15 is 0 Å². The van der Waals surface area contributed by atoms with Crippen LogP contribution in [0.3, 0.4) is 0 Å². The van der Waals surface area contributed by atoms with E-state index in [0.717, 1.165) is 25.0 Å². The van der Waals surface area contributed by atoms with Crippen LogP contribution in [-0.2, 0) is 28.3 Å². The number of benzene rings is 2. The minimum atomic E-state index is -4.57. The molecule has 0 radical (unpaired) electrons. The third kappa shape index (κ3) is 6.54. The van der Waals surface area contributed by atoms with E-state index in [1.807, 2.05) is 13.8 Å². The van der Waals surface area contributed by atoms with Crippen molar-refractivity contribution >= 4 is 27.3 Å². The average Bonchev–Trinajstić information content (AvgIpc) is 3.56. The Labute approximate surface area is 219 Å². The quantitative estimate of drug-likeness (QED) is 0.318. The number of aromatic nitrogens is 2. The number of imidazole rings is 1. The normalized spacial score (nSPS) is 14.2. The number of halogens is 4. The van der Waals surface area contributed by atoms with Gasteiger partial charge in [-0.3, -0.25) is 4.79 Å². The Morgan fingerprint density at radius 1 is 1.16 bits per heavy atom. The first-order valence-electron chi connectivity index (χ1n) is 11.8. The molecule has 1 aliphatic carbocycles. The van der Waals surface area contributed by atoms with Gasteiger partial charge in [0.15, 0.2) is 0 Å². The third-order valence-corrected chi connectivity index (χ3v) is 7.74. The van der Waals surface area contributed by atoms with Crippen molar-refractivity contribution in [3.05, 3.63) is 82.1 Å². The van der Waals surface area contributed by atoms with Crippen LogP contribution in [0.2, 0.25) is 5.02 Å². The summed E-state index contributed by atoms with van der Waals surface area (Å²) >= 11 is 6.08. The molecule has 0 aliphatic heterocycles. The predicted octanol–water partition coefficient (Wildman–Crippen LogP) is 6.16. The molecule has 1 saturated carbocycles. The van der Waals surface area contributed by atoms with Gasteiger partial charge in [-0.15, -0.1) is 0 Å². The molecule has 37 heavy (non-hydrogen) atoms. The monoisotopic (exact) mass is 553 g/mol. The molecule has 0 atom stereocenters. The van der Waals surface area contributed by atoms with Crippen LogP contribution >= 0.6 is 11.6 Å². The van der Waals surface area contributed by atoms with E-state index in [0.29, 0.717) is 22.8 Å². The number of hydrogen-bond acceptors (Lipinski definition) is 4. The van der Waals surface area contributed by atoms with Gasteiger partial charge in [-0.2, -0.15) is 13.2 Å². The Hall–Kier alpha value is -2.85. The molecule has 1 fully saturated rings. The topological polar surface area (TPSA) is 72.3 Å². The van der Waals surface area contributed by atoms with Crippen molar-refractivity contribution in [1.82, 2.24) is 14.5 Å². The summed E-state index contributed by atoms with van der Waals surface area (Å²) in [7, 11) is -4.06. The van der Waals surface area contributed by atoms with Crippen molar-refractivity contribution in [2.75, 3.05) is 6.54 Å². The summed E-state index contributed by atoms with van der Waals surface area (Å²) in [4.78, 5) is 19.1. The highest BCUT2D eigenvalue weighted by Gasteiger charge is 2.35. The van der Waals surface area contributed by atoms with Crippen molar-refractivity contribution in [3.63, 3.8) is 0 Å². The fourth-order valence-corrected chi connectivity index (χ4v) is 5.95. The maximum absolute atomic E-state index is 13.3. The van der Waals surface area contributed by atoms with Crippen molar-refractivity contribution in [2.45, 2.75) is 56.4 Å². The standard InChI is InChI=1S/C26H27ClF3N3O3S/c1-17(2)14-32(24(34)19-6-4-8-21(27)12-19)15-23-13-31-25(33(23)22-9-10-22)37(35,36)16-18-5-3-7-20(11-18)26(28,29)30/h3-8,11-13,17,22H,9-10,14-16H2,1-2H3. The highest BCUT2D eigenvalue weighted by molar-refractivity contribution is 7.90. The fourth-order valence-electron chi connectivity index (χ4n) is 4.23. The van der Waals surface area contributed by atoms with Crippen LogP contribution in [0.15, 0.2) is 59.9 Å². The van der Waals surface area contributed by atoms with Crippen LogP contribution in [0.4, 0.5) is 13.2 Å². The van der Waals surface area contributed by atoms with E-state index in [1.165, 1.54) is 18.3 Å². The summed E-state index contributed by atoms with van der Waals surface area (Å²) < 4.78 is 67.6. The lowest BCUT2D eigenvalue weighted by Gasteiger charge is -2.25. The SMILES string of the molecule is CC(C)CN(Cc1cnc(S(=O)(=O)Cc2cccc(C(F)(F)F)c2)n1C1CC1)C(=O)c1cccc(Cl)c1. The molecule has 3 aromatic rings. The second-order valence-corrected chi connectivity index (χ2v) is 12.0. The molecule has 4 rings (SSSR count). The summed E-state index contributed by atoms with van der Waals surface area (Å²) in [5, 5.41) is 0.239. The average molecular weight is 554 g/mol. The van der Waals surface area contributed by atoms with Gasteiger partial charge in [-0.25, -0.2) is 13.4 Å². The van der Waals surface area contributed by atoms with E-state index in [-0.39, 0.29) is 35.1 Å². The molecule has 0 bridgehead atoms. The molecule has 1 aromatic heterocycles.